The third-order valence-electron chi connectivity index (χ3n) is 6.78. The first-order valence-corrected chi connectivity index (χ1v) is 10.6. The van der Waals surface area contributed by atoms with Gasteiger partial charge < -0.3 is 9.88 Å². The Morgan fingerprint density at radius 1 is 1.33 bits per heavy atom. The molecule has 3 aromatic heterocycles. The molecule has 5 rings (SSSR count). The first-order chi connectivity index (χ1) is 14.6. The van der Waals surface area contributed by atoms with E-state index < -0.39 is 0 Å². The fourth-order valence-corrected chi connectivity index (χ4v) is 5.40. The maximum absolute atomic E-state index is 12.3. The van der Waals surface area contributed by atoms with Gasteiger partial charge in [-0.3, -0.25) is 9.48 Å². The van der Waals surface area contributed by atoms with Crippen molar-refractivity contribution in [2.45, 2.75) is 44.6 Å². The number of hydrogen-bond donors (Lipinski definition) is 1. The predicted octanol–water partition coefficient (Wildman–Crippen LogP) is 3.10. The molecule has 8 nitrogen and oxygen atoms in total. The highest BCUT2D eigenvalue weighted by molar-refractivity contribution is 5.90. The van der Waals surface area contributed by atoms with Gasteiger partial charge in [0.15, 0.2) is 0 Å². The standard InChI is InChI=1S/C22H25N7O/c1-2-3-19(30)28-11-15-8-22(5-6-23,9-16(15)12-28)29-13-17(10-27-29)20-18-4-7-24-21(18)26-14-25-20/h4,7,10,13-16H,2-3,5,8-9,11-12H2,1H3,(H,24,25,26)/t15-,16+,22-. The number of carbonyl (C=O) groups excluding carboxylic acids is 1. The molecule has 8 heteroatoms. The average molecular weight is 403 g/mol. The molecule has 1 saturated carbocycles. The van der Waals surface area contributed by atoms with E-state index in [9.17, 15) is 10.1 Å². The normalized spacial score (nSPS) is 25.5. The number of nitrogens with one attached hydrogen (secondary N) is 1. The highest BCUT2D eigenvalue weighted by Gasteiger charge is 2.51. The summed E-state index contributed by atoms with van der Waals surface area (Å²) in [5.74, 6) is 1.13. The van der Waals surface area contributed by atoms with E-state index >= 15 is 0 Å². The zero-order valence-corrected chi connectivity index (χ0v) is 17.1. The minimum Gasteiger partial charge on any atom is -0.346 e. The summed E-state index contributed by atoms with van der Waals surface area (Å²) in [5, 5.41) is 15.2. The smallest absolute Gasteiger partial charge is 0.222 e. The third kappa shape index (κ3) is 2.96. The Labute approximate surface area is 174 Å². The molecule has 1 N–H and O–H groups in total. The molecule has 3 aromatic rings. The number of nitriles is 1. The largest absolute Gasteiger partial charge is 0.346 e. The fourth-order valence-electron chi connectivity index (χ4n) is 5.40. The van der Waals surface area contributed by atoms with Gasteiger partial charge in [0.2, 0.25) is 5.91 Å². The zero-order chi connectivity index (χ0) is 20.7. The monoisotopic (exact) mass is 403 g/mol. The van der Waals surface area contributed by atoms with E-state index in [0.29, 0.717) is 24.7 Å². The van der Waals surface area contributed by atoms with Crippen molar-refractivity contribution in [2.24, 2.45) is 11.8 Å². The SMILES string of the molecule is CCCC(=O)N1C[C@@H]2C[C@](CC#N)(n3cc(-c4ncnc5[nH]ccc45)cn3)C[C@@H]2C1. The lowest BCUT2D eigenvalue weighted by Gasteiger charge is -2.29. The number of rotatable bonds is 5. The minimum atomic E-state index is -0.313. The molecule has 1 amide bonds. The van der Waals surface area contributed by atoms with E-state index in [1.807, 2.05) is 41.2 Å². The summed E-state index contributed by atoms with van der Waals surface area (Å²) in [7, 11) is 0. The van der Waals surface area contributed by atoms with Gasteiger partial charge >= 0.3 is 0 Å². The van der Waals surface area contributed by atoms with Gasteiger partial charge in [-0.15, -0.1) is 0 Å². The van der Waals surface area contributed by atoms with E-state index in [1.54, 1.807) is 6.33 Å². The Balaban J connectivity index is 1.42. The van der Waals surface area contributed by atoms with Crippen LogP contribution in [0.15, 0.2) is 31.0 Å². The summed E-state index contributed by atoms with van der Waals surface area (Å²) in [6, 6.07) is 4.36. The second kappa shape index (κ2) is 7.24. The van der Waals surface area contributed by atoms with Gasteiger partial charge in [0, 0.05) is 42.9 Å². The lowest BCUT2D eigenvalue weighted by atomic mass is 9.92. The van der Waals surface area contributed by atoms with Crippen LogP contribution in [0.5, 0.6) is 0 Å². The number of H-pyrrole nitrogens is 1. The molecule has 3 atom stereocenters. The number of carbonyl (C=O) groups is 1. The van der Waals surface area contributed by atoms with Crippen LogP contribution in [-0.2, 0) is 10.3 Å². The zero-order valence-electron chi connectivity index (χ0n) is 17.1. The van der Waals surface area contributed by atoms with Crippen LogP contribution >= 0.6 is 0 Å². The van der Waals surface area contributed by atoms with Crippen molar-refractivity contribution in [2.75, 3.05) is 13.1 Å². The third-order valence-corrected chi connectivity index (χ3v) is 6.78. The molecule has 30 heavy (non-hydrogen) atoms. The van der Waals surface area contributed by atoms with Gasteiger partial charge in [-0.05, 0) is 37.2 Å². The Kier molecular flexibility index (Phi) is 4.54. The number of aromatic nitrogens is 5. The summed E-state index contributed by atoms with van der Waals surface area (Å²) < 4.78 is 1.99. The van der Waals surface area contributed by atoms with E-state index in [4.69, 9.17) is 0 Å². The van der Waals surface area contributed by atoms with Crippen LogP contribution in [0.4, 0.5) is 0 Å². The van der Waals surface area contributed by atoms with Crippen LogP contribution in [0.2, 0.25) is 0 Å². The molecule has 0 bridgehead atoms. The van der Waals surface area contributed by atoms with Crippen molar-refractivity contribution in [3.8, 4) is 17.3 Å². The predicted molar refractivity (Wildman–Crippen MR) is 111 cm³/mol. The highest BCUT2D eigenvalue weighted by Crippen LogP contribution is 2.49. The van der Waals surface area contributed by atoms with Gasteiger partial charge in [0.1, 0.15) is 12.0 Å². The van der Waals surface area contributed by atoms with E-state index in [0.717, 1.165) is 54.6 Å². The Bertz CT molecular complexity index is 1110. The molecule has 0 spiro atoms. The second-order valence-electron chi connectivity index (χ2n) is 8.67. The molecule has 0 radical (unpaired) electrons. The van der Waals surface area contributed by atoms with Gasteiger partial charge in [-0.25, -0.2) is 9.97 Å². The molecule has 2 aliphatic rings. The molecular formula is C22H25N7O. The van der Waals surface area contributed by atoms with Crippen molar-refractivity contribution in [3.63, 3.8) is 0 Å². The molecule has 1 aliphatic heterocycles. The average Bonchev–Trinajstić information content (AvgIpc) is 3.50. The minimum absolute atomic E-state index is 0.262. The van der Waals surface area contributed by atoms with E-state index in [-0.39, 0.29) is 11.4 Å². The number of hydrogen-bond acceptors (Lipinski definition) is 5. The Morgan fingerprint density at radius 2 is 2.13 bits per heavy atom. The summed E-state index contributed by atoms with van der Waals surface area (Å²) >= 11 is 0. The first kappa shape index (κ1) is 18.8. The number of nitrogens with zero attached hydrogens (tertiary/aromatic N) is 6. The van der Waals surface area contributed by atoms with Gasteiger partial charge in [-0.2, -0.15) is 10.4 Å². The molecular weight excluding hydrogens is 378 g/mol. The van der Waals surface area contributed by atoms with Crippen molar-refractivity contribution in [1.29, 1.82) is 5.26 Å². The molecule has 154 valence electrons. The Hall–Kier alpha value is -3.21. The van der Waals surface area contributed by atoms with Crippen molar-refractivity contribution >= 4 is 16.9 Å². The maximum Gasteiger partial charge on any atom is 0.222 e. The van der Waals surface area contributed by atoms with Gasteiger partial charge in [0.25, 0.3) is 0 Å². The molecule has 2 fully saturated rings. The summed E-state index contributed by atoms with van der Waals surface area (Å²) in [6.45, 7) is 3.66. The van der Waals surface area contributed by atoms with Crippen molar-refractivity contribution in [3.05, 3.63) is 31.0 Å². The van der Waals surface area contributed by atoms with E-state index in [2.05, 4.69) is 26.1 Å². The van der Waals surface area contributed by atoms with Gasteiger partial charge in [0.05, 0.1) is 29.9 Å². The molecule has 1 aliphatic carbocycles. The molecule has 4 heterocycles. The van der Waals surface area contributed by atoms with Crippen LogP contribution < -0.4 is 0 Å². The highest BCUT2D eigenvalue weighted by atomic mass is 16.2. The topological polar surface area (TPSA) is 103 Å². The summed E-state index contributed by atoms with van der Waals surface area (Å²) in [5.41, 5.74) is 2.25. The molecule has 0 unspecified atom stereocenters. The van der Waals surface area contributed by atoms with Crippen molar-refractivity contribution in [1.82, 2.24) is 29.6 Å². The lowest BCUT2D eigenvalue weighted by molar-refractivity contribution is -0.130. The van der Waals surface area contributed by atoms with Crippen molar-refractivity contribution < 1.29 is 4.79 Å². The number of likely N-dealkylation sites (tertiary alicyclic amines) is 1. The van der Waals surface area contributed by atoms with Gasteiger partial charge in [-0.1, -0.05) is 6.92 Å². The fraction of sp³-hybridized carbons (Fsp3) is 0.500. The molecule has 1 saturated heterocycles. The number of aromatic amines is 1. The second-order valence-corrected chi connectivity index (χ2v) is 8.67. The Morgan fingerprint density at radius 3 is 2.87 bits per heavy atom. The quantitative estimate of drug-likeness (QED) is 0.705. The van der Waals surface area contributed by atoms with Crippen LogP contribution in [0.1, 0.15) is 39.0 Å². The van der Waals surface area contributed by atoms with Crippen LogP contribution in [0, 0.1) is 23.2 Å². The number of fused-ring (bicyclic) bond motifs is 2. The lowest BCUT2D eigenvalue weighted by Crippen LogP contribution is -2.35. The van der Waals surface area contributed by atoms with Crippen LogP contribution in [0.3, 0.4) is 0 Å². The number of amides is 1. The summed E-state index contributed by atoms with van der Waals surface area (Å²) in [4.78, 5) is 26.2. The maximum atomic E-state index is 12.3. The van der Waals surface area contributed by atoms with E-state index in [1.165, 1.54) is 0 Å². The van der Waals surface area contributed by atoms with Crippen LogP contribution in [0.25, 0.3) is 22.3 Å². The summed E-state index contributed by atoms with van der Waals surface area (Å²) in [6.07, 6.45) is 11.0. The van der Waals surface area contributed by atoms with Crippen LogP contribution in [-0.4, -0.2) is 48.6 Å². The first-order valence-electron chi connectivity index (χ1n) is 10.6. The molecule has 0 aromatic carbocycles.